The van der Waals surface area contributed by atoms with Crippen LogP contribution in [0.25, 0.3) is 0 Å². The van der Waals surface area contributed by atoms with Crippen LogP contribution in [0.5, 0.6) is 5.75 Å². The average Bonchev–Trinajstić information content (AvgIpc) is 2.10. The first-order valence-electron chi connectivity index (χ1n) is 5.13. The van der Waals surface area contributed by atoms with E-state index >= 15 is 0 Å². The molecule has 0 saturated carbocycles. The molecular formula is C12H19NO. The van der Waals surface area contributed by atoms with E-state index in [2.05, 4.69) is 19.2 Å². The highest BCUT2D eigenvalue weighted by Crippen LogP contribution is 2.23. The maximum absolute atomic E-state index is 9.54. The lowest BCUT2D eigenvalue weighted by Gasteiger charge is -2.10. The Balaban J connectivity index is 2.53. The summed E-state index contributed by atoms with van der Waals surface area (Å²) < 4.78 is 0. The normalized spacial score (nSPS) is 10.6. The van der Waals surface area contributed by atoms with Crippen molar-refractivity contribution in [1.82, 2.24) is 0 Å². The van der Waals surface area contributed by atoms with Gasteiger partial charge < -0.3 is 10.4 Å². The van der Waals surface area contributed by atoms with Gasteiger partial charge in [-0.2, -0.15) is 0 Å². The summed E-state index contributed by atoms with van der Waals surface area (Å²) in [6.45, 7) is 7.32. The van der Waals surface area contributed by atoms with Crippen molar-refractivity contribution >= 4 is 5.69 Å². The molecular weight excluding hydrogens is 174 g/mol. The summed E-state index contributed by atoms with van der Waals surface area (Å²) >= 11 is 0. The predicted octanol–water partition coefficient (Wildman–Crippen LogP) is 3.16. The van der Waals surface area contributed by atoms with Crippen LogP contribution in [0.3, 0.4) is 0 Å². The number of aromatic hydroxyl groups is 1. The van der Waals surface area contributed by atoms with E-state index in [-0.39, 0.29) is 0 Å². The van der Waals surface area contributed by atoms with E-state index in [4.69, 9.17) is 0 Å². The summed E-state index contributed by atoms with van der Waals surface area (Å²) in [6, 6.07) is 5.60. The molecule has 0 aliphatic heterocycles. The van der Waals surface area contributed by atoms with Gasteiger partial charge in [0.05, 0.1) is 5.69 Å². The predicted molar refractivity (Wildman–Crippen MR) is 60.8 cm³/mol. The van der Waals surface area contributed by atoms with Crippen LogP contribution in [0, 0.1) is 12.8 Å². The number of anilines is 1. The topological polar surface area (TPSA) is 32.3 Å². The van der Waals surface area contributed by atoms with Gasteiger partial charge >= 0.3 is 0 Å². The average molecular weight is 193 g/mol. The van der Waals surface area contributed by atoms with Crippen LogP contribution in [0.2, 0.25) is 0 Å². The monoisotopic (exact) mass is 193 g/mol. The van der Waals surface area contributed by atoms with Gasteiger partial charge in [-0.25, -0.2) is 0 Å². The molecule has 0 aromatic heterocycles. The Morgan fingerprint density at radius 1 is 1.36 bits per heavy atom. The van der Waals surface area contributed by atoms with Gasteiger partial charge in [-0.3, -0.25) is 0 Å². The molecule has 0 aliphatic carbocycles. The van der Waals surface area contributed by atoms with E-state index in [1.807, 2.05) is 19.1 Å². The molecule has 0 fully saturated rings. The Morgan fingerprint density at radius 3 is 2.71 bits per heavy atom. The largest absolute Gasteiger partial charge is 0.506 e. The molecule has 0 aliphatic rings. The standard InChI is InChI=1S/C12H19NO/c1-9(2)6-7-13-11-8-10(3)4-5-12(11)14/h4-5,8-9,13-14H,6-7H2,1-3H3. The Bertz CT molecular complexity index is 294. The second kappa shape index (κ2) is 4.89. The number of aryl methyl sites for hydroxylation is 1. The van der Waals surface area contributed by atoms with Crippen LogP contribution < -0.4 is 5.32 Å². The number of hydrogen-bond acceptors (Lipinski definition) is 2. The molecule has 1 aromatic rings. The van der Waals surface area contributed by atoms with Gasteiger partial charge in [0.1, 0.15) is 5.75 Å². The lowest BCUT2D eigenvalue weighted by Crippen LogP contribution is -2.04. The zero-order chi connectivity index (χ0) is 10.6. The van der Waals surface area contributed by atoms with Crippen molar-refractivity contribution in [2.45, 2.75) is 27.2 Å². The summed E-state index contributed by atoms with van der Waals surface area (Å²) in [4.78, 5) is 0. The molecule has 2 nitrogen and oxygen atoms in total. The lowest BCUT2D eigenvalue weighted by atomic mass is 10.1. The molecule has 0 spiro atoms. The summed E-state index contributed by atoms with van der Waals surface area (Å²) in [7, 11) is 0. The van der Waals surface area contributed by atoms with Gasteiger partial charge in [0, 0.05) is 6.54 Å². The minimum Gasteiger partial charge on any atom is -0.506 e. The molecule has 78 valence electrons. The van der Waals surface area contributed by atoms with Crippen LogP contribution in [-0.4, -0.2) is 11.7 Å². The third-order valence-electron chi connectivity index (χ3n) is 2.19. The molecule has 0 atom stereocenters. The lowest BCUT2D eigenvalue weighted by molar-refractivity contribution is 0.476. The zero-order valence-corrected chi connectivity index (χ0v) is 9.17. The Hall–Kier alpha value is -1.18. The fraction of sp³-hybridized carbons (Fsp3) is 0.500. The van der Waals surface area contributed by atoms with Crippen molar-refractivity contribution in [2.75, 3.05) is 11.9 Å². The van der Waals surface area contributed by atoms with E-state index < -0.39 is 0 Å². The van der Waals surface area contributed by atoms with Gasteiger partial charge in [-0.05, 0) is 37.0 Å². The molecule has 2 N–H and O–H groups in total. The Kier molecular flexibility index (Phi) is 3.81. The third kappa shape index (κ3) is 3.29. The minimum absolute atomic E-state index is 0.333. The number of nitrogens with one attached hydrogen (secondary N) is 1. The second-order valence-electron chi connectivity index (χ2n) is 4.13. The van der Waals surface area contributed by atoms with Gasteiger partial charge in [-0.1, -0.05) is 19.9 Å². The van der Waals surface area contributed by atoms with E-state index in [0.29, 0.717) is 11.7 Å². The molecule has 0 bridgehead atoms. The van der Waals surface area contributed by atoms with Crippen LogP contribution in [0.15, 0.2) is 18.2 Å². The number of phenolic OH excluding ortho intramolecular Hbond substituents is 1. The first kappa shape index (κ1) is 10.9. The fourth-order valence-corrected chi connectivity index (χ4v) is 1.29. The van der Waals surface area contributed by atoms with Gasteiger partial charge in [0.2, 0.25) is 0 Å². The van der Waals surface area contributed by atoms with Crippen molar-refractivity contribution in [3.05, 3.63) is 23.8 Å². The van der Waals surface area contributed by atoms with E-state index in [0.717, 1.165) is 24.2 Å². The van der Waals surface area contributed by atoms with Gasteiger partial charge in [0.25, 0.3) is 0 Å². The van der Waals surface area contributed by atoms with Crippen molar-refractivity contribution < 1.29 is 5.11 Å². The summed E-state index contributed by atoms with van der Waals surface area (Å²) in [5.74, 6) is 1.02. The van der Waals surface area contributed by atoms with Crippen molar-refractivity contribution in [3.8, 4) is 5.75 Å². The van der Waals surface area contributed by atoms with Crippen LogP contribution in [-0.2, 0) is 0 Å². The van der Waals surface area contributed by atoms with E-state index in [1.54, 1.807) is 6.07 Å². The molecule has 0 unspecified atom stereocenters. The highest BCUT2D eigenvalue weighted by atomic mass is 16.3. The number of benzene rings is 1. The Labute approximate surface area is 86.0 Å². The number of hydrogen-bond donors (Lipinski definition) is 2. The summed E-state index contributed by atoms with van der Waals surface area (Å²) in [6.07, 6.45) is 1.12. The Morgan fingerprint density at radius 2 is 2.07 bits per heavy atom. The molecule has 0 heterocycles. The van der Waals surface area contributed by atoms with E-state index in [9.17, 15) is 5.11 Å². The molecule has 1 aromatic carbocycles. The van der Waals surface area contributed by atoms with Crippen LogP contribution in [0.1, 0.15) is 25.8 Å². The van der Waals surface area contributed by atoms with Gasteiger partial charge in [0.15, 0.2) is 0 Å². The molecule has 14 heavy (non-hydrogen) atoms. The highest BCUT2D eigenvalue weighted by molar-refractivity contribution is 5.57. The number of rotatable bonds is 4. The highest BCUT2D eigenvalue weighted by Gasteiger charge is 2.00. The SMILES string of the molecule is Cc1ccc(O)c(NCCC(C)C)c1. The summed E-state index contributed by atoms with van der Waals surface area (Å²) in [5, 5.41) is 12.8. The van der Waals surface area contributed by atoms with Crippen LogP contribution >= 0.6 is 0 Å². The van der Waals surface area contributed by atoms with E-state index in [1.165, 1.54) is 0 Å². The molecule has 0 radical (unpaired) electrons. The third-order valence-corrected chi connectivity index (χ3v) is 2.19. The maximum Gasteiger partial charge on any atom is 0.138 e. The van der Waals surface area contributed by atoms with Crippen molar-refractivity contribution in [1.29, 1.82) is 0 Å². The molecule has 0 saturated heterocycles. The quantitative estimate of drug-likeness (QED) is 0.720. The molecule has 2 heteroatoms. The second-order valence-corrected chi connectivity index (χ2v) is 4.13. The van der Waals surface area contributed by atoms with Crippen molar-refractivity contribution in [3.63, 3.8) is 0 Å². The zero-order valence-electron chi connectivity index (χ0n) is 9.17. The van der Waals surface area contributed by atoms with Crippen molar-refractivity contribution in [2.24, 2.45) is 5.92 Å². The fourth-order valence-electron chi connectivity index (χ4n) is 1.29. The summed E-state index contributed by atoms with van der Waals surface area (Å²) in [5.41, 5.74) is 2.00. The molecule has 1 rings (SSSR count). The van der Waals surface area contributed by atoms with Gasteiger partial charge in [-0.15, -0.1) is 0 Å². The minimum atomic E-state index is 0.333. The maximum atomic E-state index is 9.54. The first-order valence-corrected chi connectivity index (χ1v) is 5.13. The smallest absolute Gasteiger partial charge is 0.138 e. The molecule has 0 amide bonds. The number of phenols is 1. The first-order chi connectivity index (χ1) is 6.59. The van der Waals surface area contributed by atoms with Crippen LogP contribution in [0.4, 0.5) is 5.69 Å².